The lowest BCUT2D eigenvalue weighted by Gasteiger charge is -2.24. The second-order valence-corrected chi connectivity index (χ2v) is 8.17. The van der Waals surface area contributed by atoms with Gasteiger partial charge in [0.05, 0.1) is 16.5 Å². The summed E-state index contributed by atoms with van der Waals surface area (Å²) >= 11 is 5.64. The predicted octanol–water partition coefficient (Wildman–Crippen LogP) is 5.65. The first-order valence-electron chi connectivity index (χ1n) is 8.79. The molecule has 1 heterocycles. The van der Waals surface area contributed by atoms with Crippen molar-refractivity contribution in [1.82, 2.24) is 0 Å². The van der Waals surface area contributed by atoms with E-state index in [1.807, 2.05) is 0 Å². The van der Waals surface area contributed by atoms with Crippen molar-refractivity contribution in [2.24, 2.45) is 0 Å². The average Bonchev–Trinajstić information content (AvgIpc) is 2.68. The Morgan fingerprint density at radius 2 is 1.81 bits per heavy atom. The number of ether oxygens (including phenoxy) is 1. The number of anilines is 2. The largest absolute Gasteiger partial charge is 0.444 e. The number of amides is 2. The Morgan fingerprint density at radius 3 is 2.41 bits per heavy atom. The fraction of sp³-hybridized carbons (Fsp3) is 0.263. The van der Waals surface area contributed by atoms with E-state index < -0.39 is 46.3 Å². The quantitative estimate of drug-likeness (QED) is 0.399. The molecule has 0 fully saturated rings. The number of carbonyl (C=O) groups is 2. The molecule has 2 unspecified atom stereocenters. The van der Waals surface area contributed by atoms with Crippen molar-refractivity contribution in [2.45, 2.75) is 34.5 Å². The maximum Gasteiger partial charge on any atom is 0.444 e. The van der Waals surface area contributed by atoms with Gasteiger partial charge in [-0.25, -0.2) is 4.39 Å². The molecule has 2 aromatic rings. The van der Waals surface area contributed by atoms with Gasteiger partial charge < -0.3 is 15.4 Å². The molecule has 3 rings (SSSR count). The summed E-state index contributed by atoms with van der Waals surface area (Å²) in [6.45, 7) is 0. The first-order chi connectivity index (χ1) is 14.8. The van der Waals surface area contributed by atoms with Gasteiger partial charge in [0.1, 0.15) is 5.75 Å². The van der Waals surface area contributed by atoms with E-state index in [1.165, 1.54) is 18.2 Å². The van der Waals surface area contributed by atoms with Crippen molar-refractivity contribution in [3.05, 3.63) is 48.0 Å². The van der Waals surface area contributed by atoms with E-state index in [0.717, 1.165) is 36.0 Å². The van der Waals surface area contributed by atoms with Crippen LogP contribution in [0.2, 0.25) is 0 Å². The number of nitrogens with one attached hydrogen (secondary N) is 2. The summed E-state index contributed by atoms with van der Waals surface area (Å²) in [4.78, 5) is 24.8. The molecular formula is C19H13ClF6N2O3S. The number of benzene rings is 2. The Kier molecular flexibility index (Phi) is 6.84. The Hall–Kier alpha value is -2.60. The smallest absolute Gasteiger partial charge is 0.429 e. The number of thioether (sulfide) groups is 1. The molecule has 13 heteroatoms. The molecule has 1 aliphatic rings. The average molecular weight is 499 g/mol. The molecule has 2 N–H and O–H groups in total. The molecule has 0 radical (unpaired) electrons. The third-order valence-electron chi connectivity index (χ3n) is 4.14. The molecule has 0 bridgehead atoms. The summed E-state index contributed by atoms with van der Waals surface area (Å²) in [7, 11) is 0. The van der Waals surface area contributed by atoms with Gasteiger partial charge in [0.15, 0.2) is 0 Å². The molecule has 0 saturated carbocycles. The van der Waals surface area contributed by atoms with Crippen LogP contribution >= 0.6 is 23.4 Å². The van der Waals surface area contributed by atoms with Crippen molar-refractivity contribution in [2.75, 3.05) is 10.6 Å². The van der Waals surface area contributed by atoms with Gasteiger partial charge in [-0.2, -0.15) is 22.0 Å². The van der Waals surface area contributed by atoms with Crippen LogP contribution in [0.3, 0.4) is 0 Å². The fourth-order valence-electron chi connectivity index (χ4n) is 2.65. The third-order valence-corrected chi connectivity index (χ3v) is 5.67. The van der Waals surface area contributed by atoms with Gasteiger partial charge in [-0.3, -0.25) is 9.59 Å². The number of halogens is 7. The molecule has 2 atom stereocenters. The van der Waals surface area contributed by atoms with Gasteiger partial charge in [0.2, 0.25) is 11.8 Å². The standard InChI is InChI=1S/C19H13ClF6N2O3S/c20-17(21)19(25,26)31-11-4-2-10(3-5-11)27-15(29)8-14-16(30)28-12-7-9(18(22,23)24)1-6-13(12)32-14/h1-7,14,17H,8H2,(H,27,29)(H,28,30). The molecule has 0 spiro atoms. The minimum absolute atomic E-state index is 0.00587. The lowest BCUT2D eigenvalue weighted by atomic mass is 10.1. The van der Waals surface area contributed by atoms with Gasteiger partial charge in [-0.1, -0.05) is 11.6 Å². The third kappa shape index (κ3) is 5.80. The number of hydrogen-bond donors (Lipinski definition) is 2. The Balaban J connectivity index is 1.60. The predicted molar refractivity (Wildman–Crippen MR) is 106 cm³/mol. The van der Waals surface area contributed by atoms with Crippen LogP contribution in [0.4, 0.5) is 37.7 Å². The molecular weight excluding hydrogens is 486 g/mol. The Labute approximate surface area is 186 Å². The van der Waals surface area contributed by atoms with Gasteiger partial charge in [-0.05, 0) is 42.5 Å². The van der Waals surface area contributed by atoms with Crippen LogP contribution in [-0.2, 0) is 15.8 Å². The van der Waals surface area contributed by atoms with E-state index in [2.05, 4.69) is 15.4 Å². The minimum Gasteiger partial charge on any atom is -0.429 e. The number of hydrogen-bond acceptors (Lipinski definition) is 4. The zero-order valence-corrected chi connectivity index (χ0v) is 17.3. The molecule has 2 aromatic carbocycles. The molecule has 172 valence electrons. The first kappa shape index (κ1) is 24.1. The maximum absolute atomic E-state index is 13.1. The SMILES string of the molecule is O=C(CC1Sc2ccc(C(F)(F)F)cc2NC1=O)Nc1ccc(OC(F)(F)C(F)Cl)cc1. The van der Waals surface area contributed by atoms with E-state index in [4.69, 9.17) is 11.6 Å². The van der Waals surface area contributed by atoms with Crippen LogP contribution in [0.5, 0.6) is 5.75 Å². The number of rotatable bonds is 6. The van der Waals surface area contributed by atoms with E-state index >= 15 is 0 Å². The maximum atomic E-state index is 13.1. The summed E-state index contributed by atoms with van der Waals surface area (Å²) < 4.78 is 81.4. The molecule has 2 amide bonds. The molecule has 1 aliphatic heterocycles. The summed E-state index contributed by atoms with van der Waals surface area (Å²) in [5.74, 6) is -1.63. The van der Waals surface area contributed by atoms with E-state index in [1.54, 1.807) is 0 Å². The van der Waals surface area contributed by atoms with Crippen LogP contribution in [0, 0.1) is 0 Å². The van der Waals surface area contributed by atoms with Crippen molar-refractivity contribution >= 4 is 46.6 Å². The monoisotopic (exact) mass is 498 g/mol. The highest BCUT2D eigenvalue weighted by molar-refractivity contribution is 8.01. The second-order valence-electron chi connectivity index (χ2n) is 6.55. The van der Waals surface area contributed by atoms with E-state index in [9.17, 15) is 35.9 Å². The summed E-state index contributed by atoms with van der Waals surface area (Å²) in [5, 5.41) is 3.92. The second kappa shape index (κ2) is 9.10. The fourth-order valence-corrected chi connectivity index (χ4v) is 3.78. The van der Waals surface area contributed by atoms with Crippen molar-refractivity contribution in [3.63, 3.8) is 0 Å². The minimum atomic E-state index is -4.56. The van der Waals surface area contributed by atoms with Crippen LogP contribution in [0.25, 0.3) is 0 Å². The van der Waals surface area contributed by atoms with Gasteiger partial charge in [-0.15, -0.1) is 11.8 Å². The van der Waals surface area contributed by atoms with Crippen LogP contribution < -0.4 is 15.4 Å². The van der Waals surface area contributed by atoms with Gasteiger partial charge in [0.25, 0.3) is 5.63 Å². The van der Waals surface area contributed by atoms with Crippen LogP contribution in [-0.4, -0.2) is 28.8 Å². The van der Waals surface area contributed by atoms with Crippen molar-refractivity contribution in [3.8, 4) is 5.75 Å². The summed E-state index contributed by atoms with van der Waals surface area (Å²) in [6.07, 6.45) is -9.10. The van der Waals surface area contributed by atoms with Crippen LogP contribution in [0.15, 0.2) is 47.4 Å². The molecule has 0 aliphatic carbocycles. The zero-order chi connectivity index (χ0) is 23.7. The topological polar surface area (TPSA) is 67.4 Å². The highest BCUT2D eigenvalue weighted by Crippen LogP contribution is 2.40. The van der Waals surface area contributed by atoms with E-state index in [0.29, 0.717) is 4.90 Å². The Bertz CT molecular complexity index is 1020. The molecule has 32 heavy (non-hydrogen) atoms. The first-order valence-corrected chi connectivity index (χ1v) is 10.1. The normalized spacial score (nSPS) is 17.2. The van der Waals surface area contributed by atoms with Crippen LogP contribution in [0.1, 0.15) is 12.0 Å². The highest BCUT2D eigenvalue weighted by Gasteiger charge is 2.42. The number of alkyl halides is 7. The summed E-state index contributed by atoms with van der Waals surface area (Å²) in [5.41, 5.74) is -3.77. The number of carbonyl (C=O) groups excluding carboxylic acids is 2. The molecule has 0 aromatic heterocycles. The van der Waals surface area contributed by atoms with Crippen molar-refractivity contribution < 1.29 is 40.7 Å². The van der Waals surface area contributed by atoms with Gasteiger partial charge in [0, 0.05) is 17.0 Å². The number of fused-ring (bicyclic) bond motifs is 1. The van der Waals surface area contributed by atoms with Crippen molar-refractivity contribution in [1.29, 1.82) is 0 Å². The summed E-state index contributed by atoms with van der Waals surface area (Å²) in [6, 6.07) is 7.45. The molecule has 0 saturated heterocycles. The van der Waals surface area contributed by atoms with Gasteiger partial charge >= 0.3 is 12.3 Å². The highest BCUT2D eigenvalue weighted by atomic mass is 35.5. The zero-order valence-electron chi connectivity index (χ0n) is 15.7. The van der Waals surface area contributed by atoms with E-state index in [-0.39, 0.29) is 17.8 Å². The lowest BCUT2D eigenvalue weighted by molar-refractivity contribution is -0.199. The molecule has 5 nitrogen and oxygen atoms in total. The lowest BCUT2D eigenvalue weighted by Crippen LogP contribution is -2.33. The Morgan fingerprint density at radius 1 is 1.16 bits per heavy atom.